The molecule has 8 bridgehead atoms. The van der Waals surface area contributed by atoms with Crippen LogP contribution in [-0.4, -0.2) is 78.4 Å². The van der Waals surface area contributed by atoms with Gasteiger partial charge >= 0.3 is 23.9 Å². The highest BCUT2D eigenvalue weighted by molar-refractivity contribution is 5.84. The molecule has 1 saturated heterocycles. The van der Waals surface area contributed by atoms with Crippen molar-refractivity contribution in [2.24, 2.45) is 45.3 Å². The Bertz CT molecular complexity index is 1670. The van der Waals surface area contributed by atoms with Crippen LogP contribution >= 0.6 is 0 Å². The van der Waals surface area contributed by atoms with Crippen molar-refractivity contribution in [2.75, 3.05) is 0 Å². The Morgan fingerprint density at radius 3 is 1.75 bits per heavy atom. The number of carbonyl (C=O) groups excluding carboxylic acids is 4. The molecule has 1 heterocycles. The number of esters is 4. The second-order valence-electron chi connectivity index (χ2n) is 23.6. The molecule has 9 rings (SSSR count). The summed E-state index contributed by atoms with van der Waals surface area (Å²) in [5.74, 6) is -1.33. The maximum absolute atomic E-state index is 15.1. The molecule has 8 atom stereocenters. The van der Waals surface area contributed by atoms with Gasteiger partial charge in [-0.2, -0.15) is 0 Å². The van der Waals surface area contributed by atoms with Crippen LogP contribution in [0.2, 0.25) is 0 Å². The van der Waals surface area contributed by atoms with Gasteiger partial charge in [0.1, 0.15) is 16.8 Å². The van der Waals surface area contributed by atoms with E-state index in [0.717, 1.165) is 32.1 Å². The minimum absolute atomic E-state index is 0.000356. The Morgan fingerprint density at radius 1 is 0.719 bits per heavy atom. The monoisotopic (exact) mass is 801 g/mol. The van der Waals surface area contributed by atoms with E-state index in [-0.39, 0.29) is 55.8 Å². The summed E-state index contributed by atoms with van der Waals surface area (Å²) in [4.78, 5) is 56.8. The Hall–Kier alpha value is -2.24. The van der Waals surface area contributed by atoms with E-state index in [2.05, 4.69) is 20.8 Å². The lowest BCUT2D eigenvalue weighted by Crippen LogP contribution is -2.67. The van der Waals surface area contributed by atoms with Crippen LogP contribution in [-0.2, 0) is 38.1 Å². The SMILES string of the molecule is CCC(C)(CC(C)(CC(C)(C)C(=O)OC1(C)CC(=O)OC1(C)C)C(=O)OC12CC3CC(O)(CC(O)(C3)C1)C2)C(=O)OC(C)(C(C)C)C12CC3CC(CC(O)(C3)C1)C2. The molecule has 11 nitrogen and oxygen atoms in total. The molecule has 0 amide bonds. The summed E-state index contributed by atoms with van der Waals surface area (Å²) in [5, 5.41) is 34.8. The first-order valence-electron chi connectivity index (χ1n) is 22.0. The van der Waals surface area contributed by atoms with Crippen LogP contribution in [0.3, 0.4) is 0 Å². The number of ether oxygens (including phenoxy) is 4. The summed E-state index contributed by atoms with van der Waals surface area (Å²) < 4.78 is 25.1. The molecule has 9 fully saturated rings. The quantitative estimate of drug-likeness (QED) is 0.127. The van der Waals surface area contributed by atoms with Gasteiger partial charge in [-0.1, -0.05) is 20.8 Å². The van der Waals surface area contributed by atoms with Crippen molar-refractivity contribution in [1.82, 2.24) is 0 Å². The highest BCUT2D eigenvalue weighted by Gasteiger charge is 2.68. The van der Waals surface area contributed by atoms with E-state index in [1.54, 1.807) is 41.5 Å². The lowest BCUT2D eigenvalue weighted by Gasteiger charge is -2.65. The van der Waals surface area contributed by atoms with Crippen molar-refractivity contribution >= 4 is 23.9 Å². The first-order chi connectivity index (χ1) is 25.9. The molecule has 0 aromatic rings. The van der Waals surface area contributed by atoms with E-state index < -0.39 is 79.3 Å². The van der Waals surface area contributed by atoms with Crippen LogP contribution in [0.5, 0.6) is 0 Å². The van der Waals surface area contributed by atoms with Crippen molar-refractivity contribution < 1.29 is 53.4 Å². The number of carbonyl (C=O) groups is 4. The molecule has 8 saturated carbocycles. The van der Waals surface area contributed by atoms with Gasteiger partial charge in [-0.05, 0) is 156 Å². The van der Waals surface area contributed by atoms with E-state index in [4.69, 9.17) is 18.9 Å². The smallest absolute Gasteiger partial charge is 0.312 e. The topological polar surface area (TPSA) is 166 Å². The lowest BCUT2D eigenvalue weighted by molar-refractivity contribution is -0.265. The van der Waals surface area contributed by atoms with Crippen molar-refractivity contribution in [3.8, 4) is 0 Å². The third-order valence-corrected chi connectivity index (χ3v) is 17.1. The summed E-state index contributed by atoms with van der Waals surface area (Å²) in [7, 11) is 0. The van der Waals surface area contributed by atoms with E-state index in [1.807, 2.05) is 13.8 Å². The highest BCUT2D eigenvalue weighted by atomic mass is 16.6. The Labute approximate surface area is 340 Å². The molecule has 3 N–H and O–H groups in total. The lowest BCUT2D eigenvalue weighted by atomic mass is 9.43. The first kappa shape index (κ1) is 42.9. The van der Waals surface area contributed by atoms with Gasteiger partial charge in [-0.15, -0.1) is 0 Å². The van der Waals surface area contributed by atoms with Crippen LogP contribution < -0.4 is 0 Å². The molecule has 8 unspecified atom stereocenters. The van der Waals surface area contributed by atoms with Gasteiger partial charge in [0, 0.05) is 24.7 Å². The average molecular weight is 801 g/mol. The summed E-state index contributed by atoms with van der Waals surface area (Å²) >= 11 is 0. The molecular weight excluding hydrogens is 728 g/mol. The average Bonchev–Trinajstić information content (AvgIpc) is 3.21. The van der Waals surface area contributed by atoms with Crippen LogP contribution in [0.15, 0.2) is 0 Å². The van der Waals surface area contributed by atoms with E-state index >= 15 is 9.59 Å². The van der Waals surface area contributed by atoms with E-state index in [9.17, 15) is 24.9 Å². The van der Waals surface area contributed by atoms with Gasteiger partial charge in [0.05, 0.1) is 39.5 Å². The predicted molar refractivity (Wildman–Crippen MR) is 210 cm³/mol. The standard InChI is InChI=1S/C46H72O11/c1-12-38(8,34(49)56-41(11,28(2)3)42-14-29-13-30(15-42)17-43(51,16-29)24-42)23-39(9,22-36(4,5)33(48)55-40(10)21-32(47)54-37(40,6)7)35(50)57-46-20-31-18-44(52,26-46)25-45(53,19-31)27-46/h28-31,51-53H,12-27H2,1-11H3. The first-order valence-corrected chi connectivity index (χ1v) is 22.0. The highest BCUT2D eigenvalue weighted by Crippen LogP contribution is 2.67. The Balaban J connectivity index is 1.20. The minimum atomic E-state index is -1.44. The molecule has 8 aliphatic carbocycles. The third kappa shape index (κ3) is 7.07. The summed E-state index contributed by atoms with van der Waals surface area (Å²) in [6.45, 7) is 20.2. The fraction of sp³-hybridized carbons (Fsp3) is 0.913. The molecule has 322 valence electrons. The maximum Gasteiger partial charge on any atom is 0.312 e. The van der Waals surface area contributed by atoms with Gasteiger partial charge in [-0.25, -0.2) is 0 Å². The molecule has 0 aromatic heterocycles. The molecule has 0 radical (unpaired) electrons. The van der Waals surface area contributed by atoms with E-state index in [0.29, 0.717) is 43.9 Å². The second kappa shape index (κ2) is 12.9. The zero-order valence-electron chi connectivity index (χ0n) is 36.7. The predicted octanol–water partition coefficient (Wildman–Crippen LogP) is 7.27. The third-order valence-electron chi connectivity index (χ3n) is 17.1. The minimum Gasteiger partial charge on any atom is -0.458 e. The molecule has 11 heteroatoms. The van der Waals surface area contributed by atoms with Crippen molar-refractivity contribution in [1.29, 1.82) is 0 Å². The van der Waals surface area contributed by atoms with E-state index in [1.165, 1.54) is 0 Å². The zero-order valence-corrected chi connectivity index (χ0v) is 36.7. The summed E-state index contributed by atoms with van der Waals surface area (Å²) in [6.07, 6.45) is 7.66. The van der Waals surface area contributed by atoms with Crippen LogP contribution in [0.1, 0.15) is 179 Å². The number of hydrogen-bond donors (Lipinski definition) is 3. The summed E-state index contributed by atoms with van der Waals surface area (Å²) in [5.41, 5.74) is -11.6. The maximum atomic E-state index is 15.1. The van der Waals surface area contributed by atoms with Gasteiger partial charge in [0.15, 0.2) is 5.60 Å². The Kier molecular flexibility index (Phi) is 9.69. The molecule has 0 spiro atoms. The molecule has 0 aromatic carbocycles. The number of hydrogen-bond acceptors (Lipinski definition) is 11. The fourth-order valence-electron chi connectivity index (χ4n) is 14.5. The van der Waals surface area contributed by atoms with Gasteiger partial charge in [0.2, 0.25) is 0 Å². The molecule has 57 heavy (non-hydrogen) atoms. The van der Waals surface area contributed by atoms with Crippen LogP contribution in [0.25, 0.3) is 0 Å². The molecule has 1 aliphatic heterocycles. The Morgan fingerprint density at radius 2 is 1.28 bits per heavy atom. The molecular formula is C46H72O11. The normalized spacial score (nSPS) is 43.2. The van der Waals surface area contributed by atoms with Crippen molar-refractivity contribution in [2.45, 2.75) is 218 Å². The number of rotatable bonds is 13. The number of cyclic esters (lactones) is 1. The van der Waals surface area contributed by atoms with Crippen molar-refractivity contribution in [3.05, 3.63) is 0 Å². The van der Waals surface area contributed by atoms with Gasteiger partial charge < -0.3 is 34.3 Å². The van der Waals surface area contributed by atoms with Crippen LogP contribution in [0.4, 0.5) is 0 Å². The van der Waals surface area contributed by atoms with Gasteiger partial charge in [0.25, 0.3) is 0 Å². The number of aliphatic hydroxyl groups is 3. The van der Waals surface area contributed by atoms with Gasteiger partial charge in [-0.3, -0.25) is 19.2 Å². The molecule has 9 aliphatic rings. The van der Waals surface area contributed by atoms with Crippen molar-refractivity contribution in [3.63, 3.8) is 0 Å². The summed E-state index contributed by atoms with van der Waals surface area (Å²) in [6, 6.07) is 0. The second-order valence-corrected chi connectivity index (χ2v) is 23.6. The zero-order chi connectivity index (χ0) is 42.3. The largest absolute Gasteiger partial charge is 0.458 e. The fourth-order valence-corrected chi connectivity index (χ4v) is 14.5. The van der Waals surface area contributed by atoms with Crippen LogP contribution in [0, 0.1) is 45.3 Å².